The van der Waals surface area contributed by atoms with Gasteiger partial charge in [0.25, 0.3) is 5.56 Å². The average Bonchev–Trinajstić information content (AvgIpc) is 3.18. The summed E-state index contributed by atoms with van der Waals surface area (Å²) in [5, 5.41) is 16.2. The minimum absolute atomic E-state index is 0.0232. The van der Waals surface area contributed by atoms with Gasteiger partial charge < -0.3 is 5.11 Å². The largest absolute Gasteiger partial charge is 0.394 e. The monoisotopic (exact) mass is 310 g/mol. The number of benzene rings is 1. The molecule has 3 N–H and O–H groups in total. The second-order valence-corrected chi connectivity index (χ2v) is 5.99. The summed E-state index contributed by atoms with van der Waals surface area (Å²) in [6.45, 7) is 0.460. The summed E-state index contributed by atoms with van der Waals surface area (Å²) in [6.07, 6.45) is 3.47. The van der Waals surface area contributed by atoms with Crippen molar-refractivity contribution < 1.29 is 5.11 Å². The zero-order chi connectivity index (χ0) is 15.9. The van der Waals surface area contributed by atoms with Gasteiger partial charge in [0.2, 0.25) is 0 Å². The molecule has 1 aliphatic carbocycles. The average molecular weight is 310 g/mol. The van der Waals surface area contributed by atoms with E-state index in [2.05, 4.69) is 27.5 Å². The summed E-state index contributed by atoms with van der Waals surface area (Å²) in [6, 6.07) is 11.5. The van der Waals surface area contributed by atoms with Crippen LogP contribution in [0.1, 0.15) is 23.2 Å². The lowest BCUT2D eigenvalue weighted by molar-refractivity contribution is 0.158. The standard InChI is InChI=1S/C17H18N4O2/c22-11-17(7-5-12-3-1-2-4-14(12)17)18-10-13-9-16(23)21-15(20-13)6-8-19-21/h1-4,6,8-9,18-19,22H,5,7,10-11H2. The minimum Gasteiger partial charge on any atom is -0.394 e. The van der Waals surface area contributed by atoms with E-state index < -0.39 is 5.54 Å². The third-order valence-electron chi connectivity index (χ3n) is 4.67. The molecule has 3 aromatic rings. The van der Waals surface area contributed by atoms with E-state index in [9.17, 15) is 9.90 Å². The molecule has 118 valence electrons. The first-order valence-corrected chi connectivity index (χ1v) is 7.72. The molecule has 0 aliphatic heterocycles. The molecule has 0 spiro atoms. The van der Waals surface area contributed by atoms with E-state index in [4.69, 9.17) is 0 Å². The highest BCUT2D eigenvalue weighted by molar-refractivity contribution is 5.39. The smallest absolute Gasteiger partial charge is 0.272 e. The van der Waals surface area contributed by atoms with Crippen molar-refractivity contribution in [1.82, 2.24) is 19.9 Å². The minimum atomic E-state index is -0.457. The first-order valence-electron chi connectivity index (χ1n) is 7.72. The molecule has 0 amide bonds. The van der Waals surface area contributed by atoms with Crippen LogP contribution < -0.4 is 10.9 Å². The number of aliphatic hydroxyl groups excluding tert-OH is 1. The van der Waals surface area contributed by atoms with Crippen LogP contribution in [0.5, 0.6) is 0 Å². The van der Waals surface area contributed by atoms with Crippen molar-refractivity contribution in [3.05, 3.63) is 69.8 Å². The maximum absolute atomic E-state index is 12.0. The number of H-pyrrole nitrogens is 1. The fraction of sp³-hybridized carbons (Fsp3) is 0.294. The van der Waals surface area contributed by atoms with Crippen LogP contribution in [0.15, 0.2) is 47.4 Å². The lowest BCUT2D eigenvalue weighted by Gasteiger charge is -2.29. The molecular weight excluding hydrogens is 292 g/mol. The predicted octanol–water partition coefficient (Wildman–Crippen LogP) is 0.946. The van der Waals surface area contributed by atoms with Crippen molar-refractivity contribution in [1.29, 1.82) is 0 Å². The van der Waals surface area contributed by atoms with Gasteiger partial charge in [-0.1, -0.05) is 24.3 Å². The van der Waals surface area contributed by atoms with Gasteiger partial charge in [0.15, 0.2) is 5.65 Å². The number of hydrogen-bond donors (Lipinski definition) is 3. The van der Waals surface area contributed by atoms with Crippen molar-refractivity contribution in [2.24, 2.45) is 0 Å². The van der Waals surface area contributed by atoms with Crippen molar-refractivity contribution in [2.75, 3.05) is 6.61 Å². The summed E-state index contributed by atoms with van der Waals surface area (Å²) in [5.41, 5.74) is 3.08. The number of nitrogens with zero attached hydrogens (tertiary/aromatic N) is 2. The van der Waals surface area contributed by atoms with Gasteiger partial charge in [-0.15, -0.1) is 0 Å². The van der Waals surface area contributed by atoms with Crippen LogP contribution in [-0.4, -0.2) is 26.3 Å². The van der Waals surface area contributed by atoms with Crippen molar-refractivity contribution >= 4 is 5.65 Å². The van der Waals surface area contributed by atoms with Gasteiger partial charge in [-0.05, 0) is 24.0 Å². The highest BCUT2D eigenvalue weighted by atomic mass is 16.3. The van der Waals surface area contributed by atoms with Gasteiger partial charge in [0.05, 0.1) is 17.8 Å². The fourth-order valence-electron chi connectivity index (χ4n) is 3.42. The highest BCUT2D eigenvalue weighted by Crippen LogP contribution is 2.36. The summed E-state index contributed by atoms with van der Waals surface area (Å²) in [4.78, 5) is 16.5. The molecule has 0 radical (unpaired) electrons. The molecule has 0 saturated heterocycles. The Kier molecular flexibility index (Phi) is 3.28. The van der Waals surface area contributed by atoms with Crippen LogP contribution in [-0.2, 0) is 18.5 Å². The lowest BCUT2D eigenvalue weighted by atomic mass is 9.92. The molecule has 0 fully saturated rings. The third kappa shape index (κ3) is 2.27. The van der Waals surface area contributed by atoms with Crippen LogP contribution in [0.3, 0.4) is 0 Å². The topological polar surface area (TPSA) is 82.4 Å². The van der Waals surface area contributed by atoms with Crippen LogP contribution in [0, 0.1) is 0 Å². The van der Waals surface area contributed by atoms with E-state index in [1.54, 1.807) is 12.3 Å². The number of hydrogen-bond acceptors (Lipinski definition) is 4. The molecule has 4 rings (SSSR count). The Labute approximate surface area is 132 Å². The number of aromatic amines is 1. The molecule has 0 saturated carbocycles. The molecule has 1 aliphatic rings. The Morgan fingerprint density at radius 2 is 2.22 bits per heavy atom. The number of fused-ring (bicyclic) bond motifs is 2. The van der Waals surface area contributed by atoms with Crippen molar-refractivity contribution in [2.45, 2.75) is 24.9 Å². The van der Waals surface area contributed by atoms with Gasteiger partial charge in [-0.3, -0.25) is 15.2 Å². The summed E-state index contributed by atoms with van der Waals surface area (Å²) >= 11 is 0. The molecule has 6 nitrogen and oxygen atoms in total. The van der Waals surface area contributed by atoms with Gasteiger partial charge in [0.1, 0.15) is 0 Å². The highest BCUT2D eigenvalue weighted by Gasteiger charge is 2.37. The number of nitrogens with one attached hydrogen (secondary N) is 2. The van der Waals surface area contributed by atoms with E-state index >= 15 is 0 Å². The van der Waals surface area contributed by atoms with Crippen LogP contribution in [0.4, 0.5) is 0 Å². The zero-order valence-electron chi connectivity index (χ0n) is 12.6. The van der Waals surface area contributed by atoms with E-state index in [-0.39, 0.29) is 12.2 Å². The van der Waals surface area contributed by atoms with Gasteiger partial charge in [-0.25, -0.2) is 9.50 Å². The molecule has 2 heterocycles. The second kappa shape index (κ2) is 5.33. The number of aliphatic hydroxyl groups is 1. The van der Waals surface area contributed by atoms with E-state index in [0.29, 0.717) is 17.9 Å². The molecular formula is C17H18N4O2. The number of aromatic nitrogens is 3. The second-order valence-electron chi connectivity index (χ2n) is 5.99. The van der Waals surface area contributed by atoms with Crippen LogP contribution in [0.2, 0.25) is 0 Å². The molecule has 1 atom stereocenters. The first kappa shape index (κ1) is 14.2. The van der Waals surface area contributed by atoms with Crippen LogP contribution >= 0.6 is 0 Å². The Balaban J connectivity index is 1.63. The lowest BCUT2D eigenvalue weighted by Crippen LogP contribution is -2.43. The Morgan fingerprint density at radius 1 is 1.35 bits per heavy atom. The maximum Gasteiger partial charge on any atom is 0.272 e. The van der Waals surface area contributed by atoms with Crippen molar-refractivity contribution in [3.8, 4) is 0 Å². The molecule has 1 unspecified atom stereocenters. The van der Waals surface area contributed by atoms with E-state index in [0.717, 1.165) is 18.4 Å². The first-order chi connectivity index (χ1) is 11.2. The van der Waals surface area contributed by atoms with Gasteiger partial charge in [-0.2, -0.15) is 0 Å². The summed E-state index contributed by atoms with van der Waals surface area (Å²) in [7, 11) is 0. The molecule has 2 aromatic heterocycles. The van der Waals surface area contributed by atoms with Gasteiger partial charge >= 0.3 is 0 Å². The molecule has 0 bridgehead atoms. The molecule has 23 heavy (non-hydrogen) atoms. The molecule has 6 heteroatoms. The normalized spacial score (nSPS) is 20.0. The van der Waals surface area contributed by atoms with Crippen molar-refractivity contribution in [3.63, 3.8) is 0 Å². The third-order valence-corrected chi connectivity index (χ3v) is 4.67. The maximum atomic E-state index is 12.0. The van der Waals surface area contributed by atoms with E-state index in [1.807, 2.05) is 12.1 Å². The predicted molar refractivity (Wildman–Crippen MR) is 86.2 cm³/mol. The Bertz CT molecular complexity index is 914. The summed E-state index contributed by atoms with van der Waals surface area (Å²) in [5.74, 6) is 0. The SMILES string of the molecule is O=c1cc(CNC2(CO)CCc3ccccc32)nc2cc[nH]n12. The zero-order valence-corrected chi connectivity index (χ0v) is 12.6. The number of aryl methyl sites for hydroxylation is 1. The van der Waals surface area contributed by atoms with Crippen LogP contribution in [0.25, 0.3) is 5.65 Å². The number of rotatable bonds is 4. The van der Waals surface area contributed by atoms with E-state index in [1.165, 1.54) is 16.1 Å². The van der Waals surface area contributed by atoms with Gasteiger partial charge in [0, 0.05) is 24.9 Å². The Morgan fingerprint density at radius 3 is 3.09 bits per heavy atom. The Hall–Kier alpha value is -2.44. The quantitative estimate of drug-likeness (QED) is 0.670. The molecule has 1 aromatic carbocycles. The summed E-state index contributed by atoms with van der Waals surface area (Å²) < 4.78 is 1.40. The fourth-order valence-corrected chi connectivity index (χ4v) is 3.42.